The molecule has 0 saturated heterocycles. The highest BCUT2D eigenvalue weighted by molar-refractivity contribution is 5.78. The number of para-hydroxylation sites is 1. The number of aryl methyl sites for hydroxylation is 1. The largest absolute Gasteiger partial charge is 0.361 e. The van der Waals surface area contributed by atoms with Crippen molar-refractivity contribution in [3.63, 3.8) is 0 Å². The molecule has 1 saturated carbocycles. The summed E-state index contributed by atoms with van der Waals surface area (Å²) in [6.07, 6.45) is 7.62. The highest BCUT2D eigenvalue weighted by Gasteiger charge is 2.39. The average Bonchev–Trinajstić information content (AvgIpc) is 2.71. The number of hydrogen-bond acceptors (Lipinski definition) is 2. The number of nitrogens with one attached hydrogen (secondary N) is 1. The second-order valence-corrected chi connectivity index (χ2v) is 6.20. The molecular weight excluding hydrogens is 246 g/mol. The molecule has 1 aromatic heterocycles. The summed E-state index contributed by atoms with van der Waals surface area (Å²) in [6.45, 7) is 2.10. The molecule has 2 aliphatic rings. The Kier molecular flexibility index (Phi) is 2.62. The molecule has 3 nitrogen and oxygen atoms in total. The van der Waals surface area contributed by atoms with Gasteiger partial charge in [0.05, 0.1) is 11.4 Å². The first-order chi connectivity index (χ1) is 9.78. The first-order valence-electron chi connectivity index (χ1n) is 7.73. The minimum atomic E-state index is -0.00551. The lowest BCUT2D eigenvalue weighted by atomic mass is 9.94. The van der Waals surface area contributed by atoms with Gasteiger partial charge in [-0.05, 0) is 44.7 Å². The van der Waals surface area contributed by atoms with Crippen molar-refractivity contribution in [3.05, 3.63) is 36.0 Å². The molecule has 0 amide bonds. The highest BCUT2D eigenvalue weighted by atomic mass is 15.4. The van der Waals surface area contributed by atoms with E-state index in [9.17, 15) is 0 Å². The van der Waals surface area contributed by atoms with Crippen LogP contribution in [0.1, 0.15) is 44.2 Å². The predicted molar refractivity (Wildman–Crippen MR) is 81.7 cm³/mol. The zero-order chi connectivity index (χ0) is 13.6. The van der Waals surface area contributed by atoms with Crippen LogP contribution in [0.3, 0.4) is 0 Å². The third kappa shape index (κ3) is 1.69. The molecule has 1 aliphatic heterocycles. The van der Waals surface area contributed by atoms with Crippen LogP contribution in [0.2, 0.25) is 0 Å². The van der Waals surface area contributed by atoms with E-state index in [0.717, 1.165) is 5.69 Å². The lowest BCUT2D eigenvalue weighted by molar-refractivity contribution is 0.260. The van der Waals surface area contributed by atoms with Gasteiger partial charge in [0.2, 0.25) is 0 Å². The minimum Gasteiger partial charge on any atom is -0.361 e. The van der Waals surface area contributed by atoms with E-state index in [-0.39, 0.29) is 5.66 Å². The van der Waals surface area contributed by atoms with Crippen LogP contribution in [0.15, 0.2) is 30.3 Å². The van der Waals surface area contributed by atoms with E-state index in [2.05, 4.69) is 47.3 Å². The SMILES string of the molecule is Cc1cc2n(n1)C1(CCCCCC1)Nc1ccccc1-2. The molecule has 0 bridgehead atoms. The first-order valence-corrected chi connectivity index (χ1v) is 7.73. The number of nitrogens with zero attached hydrogens (tertiary/aromatic N) is 2. The molecule has 0 radical (unpaired) electrons. The topological polar surface area (TPSA) is 29.9 Å². The third-order valence-electron chi connectivity index (χ3n) is 4.74. The number of aromatic nitrogens is 2. The van der Waals surface area contributed by atoms with Crippen molar-refractivity contribution in [2.75, 3.05) is 5.32 Å². The van der Waals surface area contributed by atoms with Crippen molar-refractivity contribution < 1.29 is 0 Å². The molecule has 1 aromatic carbocycles. The number of hydrogen-bond donors (Lipinski definition) is 1. The van der Waals surface area contributed by atoms with E-state index in [4.69, 9.17) is 5.10 Å². The summed E-state index contributed by atoms with van der Waals surface area (Å²) < 4.78 is 2.27. The van der Waals surface area contributed by atoms with E-state index in [1.807, 2.05) is 0 Å². The fourth-order valence-electron chi connectivity index (χ4n) is 3.79. The van der Waals surface area contributed by atoms with Gasteiger partial charge in [-0.2, -0.15) is 5.10 Å². The fourth-order valence-corrected chi connectivity index (χ4v) is 3.79. The summed E-state index contributed by atoms with van der Waals surface area (Å²) in [7, 11) is 0. The fraction of sp³-hybridized carbons (Fsp3) is 0.471. The molecular formula is C17H21N3. The van der Waals surface area contributed by atoms with Gasteiger partial charge >= 0.3 is 0 Å². The molecule has 3 heteroatoms. The van der Waals surface area contributed by atoms with Crippen LogP contribution in [0.25, 0.3) is 11.3 Å². The lowest BCUT2D eigenvalue weighted by Gasteiger charge is -2.40. The maximum Gasteiger partial charge on any atom is 0.132 e. The second kappa shape index (κ2) is 4.37. The summed E-state index contributed by atoms with van der Waals surface area (Å²) in [5.74, 6) is 0. The standard InChI is InChI=1S/C17H21N3/c1-13-12-16-14-8-4-5-9-15(14)18-17(20(16)19-13)10-6-2-3-7-11-17/h4-5,8-9,12,18H,2-3,6-7,10-11H2,1H3. The molecule has 104 valence electrons. The summed E-state index contributed by atoms with van der Waals surface area (Å²) in [6, 6.07) is 10.9. The normalized spacial score (nSPS) is 19.9. The van der Waals surface area contributed by atoms with E-state index in [0.29, 0.717) is 0 Å². The summed E-state index contributed by atoms with van der Waals surface area (Å²) in [5, 5.41) is 8.65. The van der Waals surface area contributed by atoms with Crippen LogP contribution in [-0.4, -0.2) is 9.78 Å². The monoisotopic (exact) mass is 267 g/mol. The van der Waals surface area contributed by atoms with Crippen molar-refractivity contribution in [2.45, 2.75) is 51.1 Å². The maximum atomic E-state index is 4.82. The Morgan fingerprint density at radius 3 is 2.65 bits per heavy atom. The number of fused-ring (bicyclic) bond motifs is 4. The second-order valence-electron chi connectivity index (χ2n) is 6.20. The average molecular weight is 267 g/mol. The maximum absolute atomic E-state index is 4.82. The van der Waals surface area contributed by atoms with Gasteiger partial charge < -0.3 is 5.32 Å². The van der Waals surface area contributed by atoms with Crippen LogP contribution in [-0.2, 0) is 5.66 Å². The van der Waals surface area contributed by atoms with E-state index < -0.39 is 0 Å². The van der Waals surface area contributed by atoms with Crippen molar-refractivity contribution in [1.82, 2.24) is 9.78 Å². The lowest BCUT2D eigenvalue weighted by Crippen LogP contribution is -2.44. The van der Waals surface area contributed by atoms with Gasteiger partial charge in [0, 0.05) is 11.3 Å². The van der Waals surface area contributed by atoms with Gasteiger partial charge in [0.25, 0.3) is 0 Å². The van der Waals surface area contributed by atoms with E-state index in [1.165, 1.54) is 55.5 Å². The summed E-state index contributed by atoms with van der Waals surface area (Å²) in [4.78, 5) is 0. The smallest absolute Gasteiger partial charge is 0.132 e. The van der Waals surface area contributed by atoms with Gasteiger partial charge in [0.15, 0.2) is 0 Å². The van der Waals surface area contributed by atoms with Crippen LogP contribution >= 0.6 is 0 Å². The Labute approximate surface area is 120 Å². The molecule has 1 fully saturated rings. The Hall–Kier alpha value is -1.77. The van der Waals surface area contributed by atoms with Crippen molar-refractivity contribution >= 4 is 5.69 Å². The molecule has 1 spiro atoms. The van der Waals surface area contributed by atoms with Crippen molar-refractivity contribution in [3.8, 4) is 11.3 Å². The molecule has 2 heterocycles. The van der Waals surface area contributed by atoms with E-state index in [1.54, 1.807) is 0 Å². The number of anilines is 1. The van der Waals surface area contributed by atoms with Crippen molar-refractivity contribution in [1.29, 1.82) is 0 Å². The summed E-state index contributed by atoms with van der Waals surface area (Å²) in [5.41, 5.74) is 4.93. The Balaban J connectivity index is 1.91. The van der Waals surface area contributed by atoms with Crippen LogP contribution in [0, 0.1) is 6.92 Å². The van der Waals surface area contributed by atoms with Crippen LogP contribution in [0.5, 0.6) is 0 Å². The molecule has 20 heavy (non-hydrogen) atoms. The Bertz CT molecular complexity index is 633. The molecule has 1 aliphatic carbocycles. The van der Waals surface area contributed by atoms with Gasteiger partial charge in [-0.25, -0.2) is 4.68 Å². The Morgan fingerprint density at radius 2 is 1.85 bits per heavy atom. The molecule has 1 N–H and O–H groups in total. The van der Waals surface area contributed by atoms with E-state index >= 15 is 0 Å². The van der Waals surface area contributed by atoms with Gasteiger partial charge in [-0.3, -0.25) is 0 Å². The van der Waals surface area contributed by atoms with Crippen LogP contribution in [0.4, 0.5) is 5.69 Å². The van der Waals surface area contributed by atoms with Crippen molar-refractivity contribution in [2.24, 2.45) is 0 Å². The first kappa shape index (κ1) is 12.0. The molecule has 4 rings (SSSR count). The third-order valence-corrected chi connectivity index (χ3v) is 4.74. The quantitative estimate of drug-likeness (QED) is 0.771. The number of benzene rings is 1. The van der Waals surface area contributed by atoms with Gasteiger partial charge in [0.1, 0.15) is 5.66 Å². The zero-order valence-electron chi connectivity index (χ0n) is 12.0. The zero-order valence-corrected chi connectivity index (χ0v) is 12.0. The summed E-state index contributed by atoms with van der Waals surface area (Å²) >= 11 is 0. The molecule has 0 unspecified atom stereocenters. The highest BCUT2D eigenvalue weighted by Crippen LogP contribution is 2.44. The Morgan fingerprint density at radius 1 is 1.10 bits per heavy atom. The predicted octanol–water partition coefficient (Wildman–Crippen LogP) is 4.29. The minimum absolute atomic E-state index is 0.00551. The molecule has 0 atom stereocenters. The number of rotatable bonds is 0. The van der Waals surface area contributed by atoms with Gasteiger partial charge in [-0.15, -0.1) is 0 Å². The van der Waals surface area contributed by atoms with Gasteiger partial charge in [-0.1, -0.05) is 31.0 Å². The molecule has 2 aromatic rings. The van der Waals surface area contributed by atoms with Crippen LogP contribution < -0.4 is 5.32 Å².